The van der Waals surface area contributed by atoms with Crippen molar-refractivity contribution in [3.8, 4) is 0 Å². The van der Waals surface area contributed by atoms with E-state index < -0.39 is 0 Å². The summed E-state index contributed by atoms with van der Waals surface area (Å²) in [6.07, 6.45) is 5.69. The summed E-state index contributed by atoms with van der Waals surface area (Å²) in [5.41, 5.74) is 0. The third-order valence-electron chi connectivity index (χ3n) is 1.26. The molecule has 0 unspecified atom stereocenters. The van der Waals surface area contributed by atoms with Gasteiger partial charge in [-0.25, -0.2) is 0 Å². The zero-order chi connectivity index (χ0) is 6.95. The van der Waals surface area contributed by atoms with Crippen LogP contribution in [-0.2, 0) is 14.7 Å². The van der Waals surface area contributed by atoms with Crippen LogP contribution in [0.1, 0.15) is 39.5 Å². The molecule has 0 aromatic carbocycles. The van der Waals surface area contributed by atoms with Crippen molar-refractivity contribution < 1.29 is 14.7 Å². The minimum absolute atomic E-state index is 1.34. The second-order valence-electron chi connectivity index (χ2n) is 2.13. The normalized spacial score (nSPS) is 10.4. The van der Waals surface area contributed by atoms with Crippen molar-refractivity contribution in [2.75, 3.05) is 0 Å². The Morgan fingerprint density at radius 3 is 2.33 bits per heavy atom. The van der Waals surface area contributed by atoms with E-state index in [0.29, 0.717) is 0 Å². The molecule has 0 bridgehead atoms. The molecule has 0 aliphatic carbocycles. The van der Waals surface area contributed by atoms with E-state index in [1.807, 2.05) is 0 Å². The van der Waals surface area contributed by atoms with E-state index >= 15 is 0 Å². The molecule has 0 atom stereocenters. The van der Waals surface area contributed by atoms with E-state index in [-0.39, 0.29) is 0 Å². The first-order valence-corrected chi connectivity index (χ1v) is 5.36. The molecule has 0 aliphatic heterocycles. The summed E-state index contributed by atoms with van der Waals surface area (Å²) in [6, 6.07) is 0. The second-order valence-corrected chi connectivity index (χ2v) is 3.91. The summed E-state index contributed by atoms with van der Waals surface area (Å²) >= 11 is 1.67. The first kappa shape index (κ1) is 9.51. The van der Waals surface area contributed by atoms with Crippen molar-refractivity contribution >= 4 is 0 Å². The third kappa shape index (κ3) is 8.51. The third-order valence-corrected chi connectivity index (χ3v) is 2.51. The summed E-state index contributed by atoms with van der Waals surface area (Å²) in [5.74, 6) is 0. The van der Waals surface area contributed by atoms with Gasteiger partial charge >= 0.3 is 64.9 Å². The van der Waals surface area contributed by atoms with Gasteiger partial charge in [-0.05, 0) is 0 Å². The predicted molar refractivity (Wildman–Crippen MR) is 39.4 cm³/mol. The molecule has 0 radical (unpaired) electrons. The first-order valence-electron chi connectivity index (χ1n) is 3.89. The van der Waals surface area contributed by atoms with Crippen molar-refractivity contribution in [1.82, 2.24) is 0 Å². The van der Waals surface area contributed by atoms with Gasteiger partial charge in [0.05, 0.1) is 0 Å². The molecule has 1 heteroatoms. The van der Waals surface area contributed by atoms with Crippen LogP contribution in [0.4, 0.5) is 0 Å². The topological polar surface area (TPSA) is 0 Å². The van der Waals surface area contributed by atoms with Crippen LogP contribution in [0.3, 0.4) is 0 Å². The molecule has 0 saturated heterocycles. The molecule has 0 aromatic rings. The van der Waals surface area contributed by atoms with Crippen LogP contribution >= 0.6 is 0 Å². The first-order chi connectivity index (χ1) is 4.41. The molecule has 0 N–H and O–H groups in total. The van der Waals surface area contributed by atoms with Crippen molar-refractivity contribution in [1.29, 1.82) is 0 Å². The Morgan fingerprint density at radius 1 is 1.00 bits per heavy atom. The van der Waals surface area contributed by atoms with Gasteiger partial charge in [0.2, 0.25) is 0 Å². The summed E-state index contributed by atoms with van der Waals surface area (Å²) < 4.78 is 0. The van der Waals surface area contributed by atoms with Crippen LogP contribution < -0.4 is 0 Å². The fourth-order valence-corrected chi connectivity index (χ4v) is 1.60. The summed E-state index contributed by atoms with van der Waals surface area (Å²) in [6.45, 7) is 4.51. The average molecular weight is 173 g/mol. The molecule has 0 aromatic heterocycles. The van der Waals surface area contributed by atoms with Gasteiger partial charge in [0.15, 0.2) is 0 Å². The van der Waals surface area contributed by atoms with Crippen molar-refractivity contribution in [3.05, 3.63) is 0 Å². The van der Waals surface area contributed by atoms with E-state index in [2.05, 4.69) is 13.8 Å². The molecule has 0 amide bonds. The predicted octanol–water partition coefficient (Wildman–Crippen LogP) is 3.51. The number of unbranched alkanes of at least 4 members (excludes halogenated alkanes) is 3. The molecule has 0 spiro atoms. The average Bonchev–Trinajstić information content (AvgIpc) is 1.89. The summed E-state index contributed by atoms with van der Waals surface area (Å²) in [4.78, 5) is 0. The molecule has 9 heavy (non-hydrogen) atoms. The Kier molecular flexibility index (Phi) is 8.99. The Labute approximate surface area is 65.4 Å². The van der Waals surface area contributed by atoms with Gasteiger partial charge in [-0.2, -0.15) is 0 Å². The quantitative estimate of drug-likeness (QED) is 0.539. The molecule has 59 valence electrons. The van der Waals surface area contributed by atoms with Crippen LogP contribution in [0.25, 0.3) is 0 Å². The van der Waals surface area contributed by atoms with Crippen LogP contribution in [0, 0.1) is 0 Å². The zero-order valence-electron chi connectivity index (χ0n) is 6.58. The van der Waals surface area contributed by atoms with Crippen molar-refractivity contribution in [2.45, 2.75) is 50.2 Å². The fourth-order valence-electron chi connectivity index (χ4n) is 0.711. The van der Waals surface area contributed by atoms with E-state index in [4.69, 9.17) is 0 Å². The molecule has 0 heterocycles. The summed E-state index contributed by atoms with van der Waals surface area (Å²) in [7, 11) is 0. The molecular weight excluding hydrogens is 155 g/mol. The van der Waals surface area contributed by atoms with E-state index in [9.17, 15) is 0 Å². The fraction of sp³-hybridized carbons (Fsp3) is 1.00. The number of rotatable bonds is 6. The Hall–Kier alpha value is 0.506. The van der Waals surface area contributed by atoms with Crippen LogP contribution in [-0.4, -0.2) is 0 Å². The standard InChI is InChI=1S/C6H13.C2H5.Co/c1-3-5-6-4-2;1-2;/h1,3-6H2,2H3;1H2,2H3;. The van der Waals surface area contributed by atoms with Crippen molar-refractivity contribution in [3.63, 3.8) is 0 Å². The molecule has 0 rings (SSSR count). The minimum atomic E-state index is 1.34. The SMILES string of the molecule is CCCCC[CH2][Co][CH2]C. The van der Waals surface area contributed by atoms with Gasteiger partial charge in [0.1, 0.15) is 0 Å². The van der Waals surface area contributed by atoms with Gasteiger partial charge in [-0.1, -0.05) is 0 Å². The van der Waals surface area contributed by atoms with Crippen LogP contribution in [0.5, 0.6) is 0 Å². The Morgan fingerprint density at radius 2 is 1.78 bits per heavy atom. The maximum atomic E-state index is 2.26. The van der Waals surface area contributed by atoms with Gasteiger partial charge in [-0.15, -0.1) is 0 Å². The summed E-state index contributed by atoms with van der Waals surface area (Å²) in [5, 5.41) is 2.76. The van der Waals surface area contributed by atoms with E-state index in [1.54, 1.807) is 14.7 Å². The van der Waals surface area contributed by atoms with Gasteiger partial charge in [-0.3, -0.25) is 0 Å². The molecule has 0 fully saturated rings. The van der Waals surface area contributed by atoms with Gasteiger partial charge in [0.25, 0.3) is 0 Å². The molecular formula is C8H18Co. The molecule has 0 saturated carbocycles. The Balaban J connectivity index is 2.60. The molecule has 0 nitrogen and oxygen atoms in total. The van der Waals surface area contributed by atoms with E-state index in [0.717, 1.165) is 0 Å². The number of hydrogen-bond donors (Lipinski definition) is 0. The van der Waals surface area contributed by atoms with Crippen LogP contribution in [0.2, 0.25) is 10.7 Å². The maximum absolute atomic E-state index is 2.26. The second kappa shape index (κ2) is 8.51. The molecule has 0 aliphatic rings. The van der Waals surface area contributed by atoms with Gasteiger partial charge < -0.3 is 0 Å². The zero-order valence-corrected chi connectivity index (χ0v) is 7.62. The number of hydrogen-bond acceptors (Lipinski definition) is 0. The monoisotopic (exact) mass is 173 g/mol. The Bertz CT molecular complexity index is 37.8. The van der Waals surface area contributed by atoms with Crippen molar-refractivity contribution in [2.24, 2.45) is 0 Å². The van der Waals surface area contributed by atoms with Gasteiger partial charge in [0, 0.05) is 0 Å². The van der Waals surface area contributed by atoms with E-state index in [1.165, 1.54) is 36.4 Å². The van der Waals surface area contributed by atoms with Crippen LogP contribution in [0.15, 0.2) is 0 Å².